The second-order valence-electron chi connectivity index (χ2n) is 12.6. The van der Waals surface area contributed by atoms with Gasteiger partial charge in [-0.3, -0.25) is 10.1 Å². The SMILES string of the molecule is COc1cc(F)c(-c2ccc(CCC(N)(CO)CO)c(F)c2)cc1C(O)N[C@@H]1[C@H]2CC[C@H](C2)[C@@H]1C(=O)Nc1cccc(SC(F)(F)F)c1. The maximum atomic E-state index is 15.3. The number of nitrogens with two attached hydrogens (primary N) is 1. The highest BCUT2D eigenvalue weighted by Gasteiger charge is 2.51. The van der Waals surface area contributed by atoms with Gasteiger partial charge in [0.25, 0.3) is 0 Å². The Morgan fingerprint density at radius 3 is 2.44 bits per heavy atom. The van der Waals surface area contributed by atoms with Crippen molar-refractivity contribution in [2.24, 2.45) is 23.5 Å². The zero-order chi connectivity index (χ0) is 34.8. The quantitative estimate of drug-likeness (QED) is 0.0784. The molecule has 2 aliphatic carbocycles. The van der Waals surface area contributed by atoms with E-state index in [0.717, 1.165) is 31.4 Å². The number of methoxy groups -OCH3 is 1. The van der Waals surface area contributed by atoms with Crippen LogP contribution in [0.2, 0.25) is 0 Å². The molecule has 2 aliphatic rings. The van der Waals surface area contributed by atoms with Crippen molar-refractivity contribution >= 4 is 23.4 Å². The van der Waals surface area contributed by atoms with Crippen LogP contribution in [0.5, 0.6) is 5.75 Å². The summed E-state index contributed by atoms with van der Waals surface area (Å²) in [5, 5.41) is 36.2. The number of benzene rings is 3. The molecule has 0 aliphatic heterocycles. The van der Waals surface area contributed by atoms with Gasteiger partial charge in [0.2, 0.25) is 5.91 Å². The van der Waals surface area contributed by atoms with Gasteiger partial charge in [0.1, 0.15) is 23.6 Å². The van der Waals surface area contributed by atoms with Crippen LogP contribution in [0.25, 0.3) is 11.1 Å². The Labute approximate surface area is 278 Å². The number of aryl methyl sites for hydroxylation is 1. The lowest BCUT2D eigenvalue weighted by atomic mass is 9.83. The first-order chi connectivity index (χ1) is 22.7. The van der Waals surface area contributed by atoms with E-state index in [-0.39, 0.29) is 80.9 Å². The van der Waals surface area contributed by atoms with Crippen LogP contribution in [-0.4, -0.2) is 58.6 Å². The van der Waals surface area contributed by atoms with Gasteiger partial charge in [0.15, 0.2) is 0 Å². The molecule has 1 unspecified atom stereocenters. The molecule has 7 N–H and O–H groups in total. The van der Waals surface area contributed by atoms with E-state index in [1.807, 2.05) is 0 Å². The summed E-state index contributed by atoms with van der Waals surface area (Å²) in [7, 11) is 1.31. The number of carbonyl (C=O) groups excluding carboxylic acids is 1. The predicted octanol–water partition coefficient (Wildman–Crippen LogP) is 5.50. The Hall–Kier alpha value is -3.27. The lowest BCUT2D eigenvalue weighted by molar-refractivity contribution is -0.122. The first-order valence-corrected chi connectivity index (χ1v) is 16.3. The molecule has 0 spiro atoms. The molecule has 14 heteroatoms. The van der Waals surface area contributed by atoms with Crippen molar-refractivity contribution in [2.45, 2.75) is 60.3 Å². The van der Waals surface area contributed by atoms with Crippen molar-refractivity contribution in [1.82, 2.24) is 5.32 Å². The Bertz CT molecular complexity index is 1620. The fourth-order valence-corrected chi connectivity index (χ4v) is 7.47. The van der Waals surface area contributed by atoms with Gasteiger partial charge < -0.3 is 31.1 Å². The Morgan fingerprint density at radius 2 is 1.77 bits per heavy atom. The number of thioether (sulfide) groups is 1. The number of aliphatic hydroxyl groups excluding tert-OH is 3. The molecule has 2 fully saturated rings. The number of halogens is 5. The van der Waals surface area contributed by atoms with E-state index >= 15 is 8.78 Å². The summed E-state index contributed by atoms with van der Waals surface area (Å²) < 4.78 is 74.5. The number of aliphatic hydroxyl groups is 3. The zero-order valence-electron chi connectivity index (χ0n) is 26.1. The number of carbonyl (C=O) groups is 1. The molecule has 260 valence electrons. The van der Waals surface area contributed by atoms with Gasteiger partial charge in [-0.1, -0.05) is 18.2 Å². The number of alkyl halides is 3. The predicted molar refractivity (Wildman–Crippen MR) is 171 cm³/mol. The molecule has 0 heterocycles. The van der Waals surface area contributed by atoms with Crippen LogP contribution in [0.3, 0.4) is 0 Å². The van der Waals surface area contributed by atoms with Gasteiger partial charge >= 0.3 is 5.51 Å². The molecule has 0 radical (unpaired) electrons. The van der Waals surface area contributed by atoms with Crippen LogP contribution in [0.15, 0.2) is 59.5 Å². The summed E-state index contributed by atoms with van der Waals surface area (Å²) in [5.74, 6) is -2.26. The summed E-state index contributed by atoms with van der Waals surface area (Å²) in [5.41, 5.74) is 0.987. The smallest absolute Gasteiger partial charge is 0.446 e. The van der Waals surface area contributed by atoms with Crippen molar-refractivity contribution in [3.63, 3.8) is 0 Å². The Kier molecular flexibility index (Phi) is 11.0. The largest absolute Gasteiger partial charge is 0.496 e. The standard InChI is InChI=1S/C34H38F5N3O5S/c1-47-28-15-27(36)24(19-6-5-18(26(35)12-19)9-10-33(40,16-43)17-44)14-25(28)31(45)42-30-21-8-7-20(11-21)29(30)32(46)41-22-3-2-4-23(13-22)48-34(37,38)39/h2-6,12-15,20-21,29-31,42-45H,7-11,16-17,40H2,1H3,(H,41,46)/t20-,21+,29+,30-,31?/m1/s1. The highest BCUT2D eigenvalue weighted by atomic mass is 32.2. The molecule has 3 aromatic rings. The minimum Gasteiger partial charge on any atom is -0.496 e. The van der Waals surface area contributed by atoms with Gasteiger partial charge in [-0.25, -0.2) is 8.78 Å². The molecule has 48 heavy (non-hydrogen) atoms. The summed E-state index contributed by atoms with van der Waals surface area (Å²) in [6, 6.07) is 11.6. The summed E-state index contributed by atoms with van der Waals surface area (Å²) in [6.45, 7) is -0.961. The molecular formula is C34H38F5N3O5S. The molecule has 2 bridgehead atoms. The van der Waals surface area contributed by atoms with Crippen LogP contribution >= 0.6 is 11.8 Å². The van der Waals surface area contributed by atoms with Gasteiger partial charge in [-0.05, 0) is 97.2 Å². The van der Waals surface area contributed by atoms with Gasteiger partial charge in [0.05, 0.1) is 31.8 Å². The van der Waals surface area contributed by atoms with Gasteiger partial charge in [-0.15, -0.1) is 0 Å². The molecule has 2 saturated carbocycles. The van der Waals surface area contributed by atoms with Crippen LogP contribution < -0.4 is 21.1 Å². The lowest BCUT2D eigenvalue weighted by Crippen LogP contribution is -2.47. The normalized spacial score (nSPS) is 21.4. The molecule has 0 saturated heterocycles. The van der Waals surface area contributed by atoms with Gasteiger partial charge in [0, 0.05) is 33.8 Å². The number of nitrogens with one attached hydrogen (secondary N) is 2. The summed E-state index contributed by atoms with van der Waals surface area (Å²) >= 11 is -0.274. The number of rotatable bonds is 13. The number of fused-ring (bicyclic) bond motifs is 2. The van der Waals surface area contributed by atoms with Crippen molar-refractivity contribution in [2.75, 3.05) is 25.6 Å². The molecular weight excluding hydrogens is 657 g/mol. The number of hydrogen-bond donors (Lipinski definition) is 6. The van der Waals surface area contributed by atoms with Crippen molar-refractivity contribution < 1.29 is 46.8 Å². The fraction of sp³-hybridized carbons (Fsp3) is 0.441. The Morgan fingerprint density at radius 1 is 1.04 bits per heavy atom. The maximum absolute atomic E-state index is 15.3. The molecule has 8 nitrogen and oxygen atoms in total. The third kappa shape index (κ3) is 8.12. The topological polar surface area (TPSA) is 137 Å². The molecule has 1 amide bonds. The molecule has 5 rings (SSSR count). The fourth-order valence-electron chi connectivity index (χ4n) is 6.87. The zero-order valence-corrected chi connectivity index (χ0v) is 26.9. The van der Waals surface area contributed by atoms with E-state index in [0.29, 0.717) is 0 Å². The second kappa shape index (κ2) is 14.7. The minimum absolute atomic E-state index is 0.00113. The van der Waals surface area contributed by atoms with E-state index in [1.54, 1.807) is 0 Å². The Balaban J connectivity index is 1.35. The van der Waals surface area contributed by atoms with E-state index in [4.69, 9.17) is 10.5 Å². The molecule has 0 aromatic heterocycles. The first kappa shape index (κ1) is 36.0. The summed E-state index contributed by atoms with van der Waals surface area (Å²) in [6.07, 6.45) is 1.16. The third-order valence-electron chi connectivity index (χ3n) is 9.40. The van der Waals surface area contributed by atoms with Gasteiger partial charge in [-0.2, -0.15) is 13.2 Å². The average Bonchev–Trinajstić information content (AvgIpc) is 3.65. The van der Waals surface area contributed by atoms with E-state index in [9.17, 15) is 33.3 Å². The van der Waals surface area contributed by atoms with Crippen LogP contribution in [0.4, 0.5) is 27.6 Å². The van der Waals surface area contributed by atoms with Crippen molar-refractivity contribution in [3.05, 3.63) is 77.4 Å². The first-order valence-electron chi connectivity index (χ1n) is 15.5. The van der Waals surface area contributed by atoms with Crippen molar-refractivity contribution in [1.29, 1.82) is 0 Å². The average molecular weight is 696 g/mol. The van der Waals surface area contributed by atoms with Crippen LogP contribution in [0.1, 0.15) is 43.0 Å². The minimum atomic E-state index is -4.48. The van der Waals surface area contributed by atoms with Crippen molar-refractivity contribution in [3.8, 4) is 16.9 Å². The number of ether oxygens (including phenoxy) is 1. The van der Waals surface area contributed by atoms with Crippen LogP contribution in [-0.2, 0) is 11.2 Å². The second-order valence-corrected chi connectivity index (χ2v) is 13.7. The highest BCUT2D eigenvalue weighted by molar-refractivity contribution is 8.00. The van der Waals surface area contributed by atoms with E-state index in [2.05, 4.69) is 10.6 Å². The van der Waals surface area contributed by atoms with Crippen LogP contribution in [0, 0.1) is 29.4 Å². The monoisotopic (exact) mass is 695 g/mol. The molecule has 5 atom stereocenters. The molecule has 3 aromatic carbocycles. The lowest BCUT2D eigenvalue weighted by Gasteiger charge is -2.33. The van der Waals surface area contributed by atoms with E-state index < -0.39 is 54.1 Å². The number of hydrogen-bond acceptors (Lipinski definition) is 8. The number of anilines is 1. The van der Waals surface area contributed by atoms with E-state index in [1.165, 1.54) is 49.6 Å². The third-order valence-corrected chi connectivity index (χ3v) is 10.1. The number of amides is 1. The highest BCUT2D eigenvalue weighted by Crippen LogP contribution is 2.50. The maximum Gasteiger partial charge on any atom is 0.446 e. The summed E-state index contributed by atoms with van der Waals surface area (Å²) in [4.78, 5) is 13.5.